The Kier molecular flexibility index (Phi) is 4.10. The largest absolute Gasteiger partial charge is 0.496 e. The Labute approximate surface area is 113 Å². The Morgan fingerprint density at radius 2 is 2.05 bits per heavy atom. The third-order valence-corrected chi connectivity index (χ3v) is 3.85. The first-order chi connectivity index (χ1) is 9.02. The van der Waals surface area contributed by atoms with Gasteiger partial charge in [0, 0.05) is 6.04 Å². The summed E-state index contributed by atoms with van der Waals surface area (Å²) in [5.41, 5.74) is 3.41. The van der Waals surface area contributed by atoms with Crippen LogP contribution in [0.25, 0.3) is 0 Å². The van der Waals surface area contributed by atoms with Gasteiger partial charge in [0.25, 0.3) is 0 Å². The molecule has 19 heavy (non-hydrogen) atoms. The molecule has 1 aliphatic heterocycles. The van der Waals surface area contributed by atoms with Gasteiger partial charge in [0.05, 0.1) is 7.11 Å². The number of benzene rings is 1. The number of carboxylic acids is 1. The zero-order valence-corrected chi connectivity index (χ0v) is 11.7. The van der Waals surface area contributed by atoms with E-state index < -0.39 is 12.0 Å². The van der Waals surface area contributed by atoms with Crippen molar-refractivity contribution in [1.29, 1.82) is 0 Å². The van der Waals surface area contributed by atoms with Crippen molar-refractivity contribution in [3.8, 4) is 5.75 Å². The monoisotopic (exact) mass is 263 g/mol. The molecule has 1 aromatic carbocycles. The quantitative estimate of drug-likeness (QED) is 0.880. The molecule has 0 aliphatic carbocycles. The lowest BCUT2D eigenvalue weighted by Crippen LogP contribution is -2.42. The molecule has 4 heteroatoms. The smallest absolute Gasteiger partial charge is 0.320 e. The van der Waals surface area contributed by atoms with E-state index in [1.165, 1.54) is 5.56 Å². The average molecular weight is 263 g/mol. The van der Waals surface area contributed by atoms with E-state index >= 15 is 0 Å². The summed E-state index contributed by atoms with van der Waals surface area (Å²) in [7, 11) is 1.67. The highest BCUT2D eigenvalue weighted by Gasteiger charge is 2.27. The van der Waals surface area contributed by atoms with Crippen molar-refractivity contribution in [2.75, 3.05) is 7.11 Å². The molecule has 0 aromatic heterocycles. The standard InChI is InChI=1S/C15H21NO3/c1-9-8-14(19-3)10(2)7-11(9)12-5-4-6-13(16-12)15(17)18/h7-8,12-13,16H,4-6H2,1-3H3,(H,17,18). The number of nitrogens with one attached hydrogen (secondary N) is 1. The SMILES string of the molecule is COc1cc(C)c(C2CCCC(C(=O)O)N2)cc1C. The summed E-state index contributed by atoms with van der Waals surface area (Å²) < 4.78 is 5.31. The molecule has 2 rings (SSSR count). The molecule has 104 valence electrons. The molecular formula is C15H21NO3. The maximum atomic E-state index is 11.1. The Morgan fingerprint density at radius 3 is 2.68 bits per heavy atom. The Hall–Kier alpha value is -1.55. The van der Waals surface area contributed by atoms with Crippen molar-refractivity contribution in [3.63, 3.8) is 0 Å². The van der Waals surface area contributed by atoms with Gasteiger partial charge in [-0.15, -0.1) is 0 Å². The Bertz CT molecular complexity index is 485. The molecule has 1 aliphatic rings. The lowest BCUT2D eigenvalue weighted by atomic mass is 9.90. The van der Waals surface area contributed by atoms with Gasteiger partial charge in [0.2, 0.25) is 0 Å². The second kappa shape index (κ2) is 5.61. The minimum Gasteiger partial charge on any atom is -0.496 e. The van der Waals surface area contributed by atoms with Crippen LogP contribution >= 0.6 is 0 Å². The van der Waals surface area contributed by atoms with Gasteiger partial charge < -0.3 is 9.84 Å². The number of aryl methyl sites for hydroxylation is 2. The number of hydrogen-bond acceptors (Lipinski definition) is 3. The van der Waals surface area contributed by atoms with Crippen LogP contribution in [0.2, 0.25) is 0 Å². The van der Waals surface area contributed by atoms with Crippen LogP contribution in [0, 0.1) is 13.8 Å². The number of ether oxygens (including phenoxy) is 1. The summed E-state index contributed by atoms with van der Waals surface area (Å²) in [6.45, 7) is 4.06. The van der Waals surface area contributed by atoms with E-state index in [4.69, 9.17) is 9.84 Å². The van der Waals surface area contributed by atoms with Crippen LogP contribution in [0.15, 0.2) is 12.1 Å². The van der Waals surface area contributed by atoms with Crippen molar-refractivity contribution < 1.29 is 14.6 Å². The van der Waals surface area contributed by atoms with Gasteiger partial charge in [-0.2, -0.15) is 0 Å². The summed E-state index contributed by atoms with van der Waals surface area (Å²) >= 11 is 0. The number of methoxy groups -OCH3 is 1. The number of rotatable bonds is 3. The zero-order chi connectivity index (χ0) is 14.0. The predicted molar refractivity (Wildman–Crippen MR) is 73.6 cm³/mol. The van der Waals surface area contributed by atoms with Gasteiger partial charge in [-0.3, -0.25) is 10.1 Å². The Morgan fingerprint density at radius 1 is 1.32 bits per heavy atom. The molecule has 2 unspecified atom stereocenters. The lowest BCUT2D eigenvalue weighted by molar-refractivity contribution is -0.140. The Balaban J connectivity index is 2.26. The summed E-state index contributed by atoms with van der Waals surface area (Å²) in [6.07, 6.45) is 2.63. The van der Waals surface area contributed by atoms with E-state index in [1.54, 1.807) is 7.11 Å². The van der Waals surface area contributed by atoms with Crippen molar-refractivity contribution in [1.82, 2.24) is 5.32 Å². The van der Waals surface area contributed by atoms with E-state index in [-0.39, 0.29) is 6.04 Å². The minimum atomic E-state index is -0.757. The first-order valence-corrected chi connectivity index (χ1v) is 6.67. The maximum absolute atomic E-state index is 11.1. The van der Waals surface area contributed by atoms with Crippen molar-refractivity contribution in [3.05, 3.63) is 28.8 Å². The van der Waals surface area contributed by atoms with E-state index in [2.05, 4.69) is 11.4 Å². The van der Waals surface area contributed by atoms with E-state index in [0.29, 0.717) is 6.42 Å². The second-order valence-corrected chi connectivity index (χ2v) is 5.22. The molecule has 0 radical (unpaired) electrons. The molecule has 1 saturated heterocycles. The van der Waals surface area contributed by atoms with Crippen molar-refractivity contribution >= 4 is 5.97 Å². The number of carbonyl (C=O) groups is 1. The molecule has 0 amide bonds. The van der Waals surface area contributed by atoms with Crippen molar-refractivity contribution in [2.24, 2.45) is 0 Å². The van der Waals surface area contributed by atoms with Crippen LogP contribution < -0.4 is 10.1 Å². The highest BCUT2D eigenvalue weighted by atomic mass is 16.5. The first-order valence-electron chi connectivity index (χ1n) is 6.67. The van der Waals surface area contributed by atoms with Gasteiger partial charge in [-0.1, -0.05) is 6.07 Å². The van der Waals surface area contributed by atoms with Crippen LogP contribution in [0.1, 0.15) is 42.0 Å². The maximum Gasteiger partial charge on any atom is 0.320 e. The molecule has 0 bridgehead atoms. The normalized spacial score (nSPS) is 23.1. The second-order valence-electron chi connectivity index (χ2n) is 5.22. The highest BCUT2D eigenvalue weighted by Crippen LogP contribution is 2.31. The number of aliphatic carboxylic acids is 1. The summed E-state index contributed by atoms with van der Waals surface area (Å²) in [5, 5.41) is 12.4. The van der Waals surface area contributed by atoms with Gasteiger partial charge in [0.1, 0.15) is 11.8 Å². The number of piperidine rings is 1. The van der Waals surface area contributed by atoms with Crippen LogP contribution in [0.3, 0.4) is 0 Å². The fourth-order valence-electron chi connectivity index (χ4n) is 2.78. The topological polar surface area (TPSA) is 58.6 Å². The average Bonchev–Trinajstić information content (AvgIpc) is 2.41. The first kappa shape index (κ1) is 13.9. The van der Waals surface area contributed by atoms with Crippen molar-refractivity contribution in [2.45, 2.75) is 45.2 Å². The van der Waals surface area contributed by atoms with Crippen LogP contribution in [0.5, 0.6) is 5.75 Å². The van der Waals surface area contributed by atoms with E-state index in [9.17, 15) is 4.79 Å². The molecule has 1 aromatic rings. The van der Waals surface area contributed by atoms with Gasteiger partial charge in [0.15, 0.2) is 0 Å². The molecule has 0 spiro atoms. The van der Waals surface area contributed by atoms with Crippen LogP contribution in [-0.2, 0) is 4.79 Å². The van der Waals surface area contributed by atoms with Gasteiger partial charge in [-0.25, -0.2) is 0 Å². The molecule has 1 heterocycles. The lowest BCUT2D eigenvalue weighted by Gasteiger charge is -2.30. The summed E-state index contributed by atoms with van der Waals surface area (Å²) in [6, 6.07) is 3.83. The predicted octanol–water partition coefficient (Wildman–Crippen LogP) is 2.58. The zero-order valence-electron chi connectivity index (χ0n) is 11.7. The molecular weight excluding hydrogens is 242 g/mol. The third kappa shape index (κ3) is 2.89. The molecule has 1 fully saturated rings. The van der Waals surface area contributed by atoms with Crippen LogP contribution in [-0.4, -0.2) is 24.2 Å². The fourth-order valence-corrected chi connectivity index (χ4v) is 2.78. The molecule has 4 nitrogen and oxygen atoms in total. The summed E-state index contributed by atoms with van der Waals surface area (Å²) in [5.74, 6) is 0.124. The number of hydrogen-bond donors (Lipinski definition) is 2. The van der Waals surface area contributed by atoms with E-state index in [0.717, 1.165) is 29.7 Å². The number of carboxylic acid groups (broad SMARTS) is 1. The highest BCUT2D eigenvalue weighted by molar-refractivity contribution is 5.73. The molecule has 0 saturated carbocycles. The van der Waals surface area contributed by atoms with Crippen LogP contribution in [0.4, 0.5) is 0 Å². The molecule has 2 atom stereocenters. The fraction of sp³-hybridized carbons (Fsp3) is 0.533. The van der Waals surface area contributed by atoms with Gasteiger partial charge in [-0.05, 0) is 55.9 Å². The van der Waals surface area contributed by atoms with Gasteiger partial charge >= 0.3 is 5.97 Å². The van der Waals surface area contributed by atoms with E-state index in [1.807, 2.05) is 19.9 Å². The molecule has 2 N–H and O–H groups in total. The third-order valence-electron chi connectivity index (χ3n) is 3.85. The minimum absolute atomic E-state index is 0.124. The summed E-state index contributed by atoms with van der Waals surface area (Å²) in [4.78, 5) is 11.1.